The zero-order chi connectivity index (χ0) is 13.0. The lowest BCUT2D eigenvalue weighted by Crippen LogP contribution is -2.29. The van der Waals surface area contributed by atoms with E-state index >= 15 is 0 Å². The second-order valence-electron chi connectivity index (χ2n) is 3.97. The van der Waals surface area contributed by atoms with Gasteiger partial charge in [-0.2, -0.15) is 0 Å². The van der Waals surface area contributed by atoms with Crippen molar-refractivity contribution in [2.75, 3.05) is 5.32 Å². The molecule has 3 N–H and O–H groups in total. The fourth-order valence-corrected chi connectivity index (χ4v) is 1.62. The molecule has 2 rings (SSSR count). The van der Waals surface area contributed by atoms with Crippen molar-refractivity contribution < 1.29 is 10.0 Å². The van der Waals surface area contributed by atoms with Crippen LogP contribution in [0.25, 0.3) is 5.70 Å². The predicted molar refractivity (Wildman–Crippen MR) is 75.4 cm³/mol. The van der Waals surface area contributed by atoms with Gasteiger partial charge in [0.05, 0.1) is 0 Å². The number of nitrogens with one attached hydrogen (secondary N) is 1. The Labute approximate surface area is 107 Å². The van der Waals surface area contributed by atoms with Crippen molar-refractivity contribution in [2.24, 2.45) is 0 Å². The van der Waals surface area contributed by atoms with E-state index in [1.54, 1.807) is 24.3 Å². The van der Waals surface area contributed by atoms with Crippen LogP contribution >= 0.6 is 0 Å². The monoisotopic (exact) mass is 239 g/mol. The van der Waals surface area contributed by atoms with Crippen LogP contribution < -0.4 is 10.8 Å². The normalized spacial score (nSPS) is 9.89. The molecule has 0 atom stereocenters. The number of hydrogen-bond acceptors (Lipinski definition) is 3. The Morgan fingerprint density at radius 2 is 1.56 bits per heavy atom. The molecule has 0 amide bonds. The number of benzene rings is 2. The van der Waals surface area contributed by atoms with Gasteiger partial charge in [0, 0.05) is 11.4 Å². The first kappa shape index (κ1) is 12.4. The van der Waals surface area contributed by atoms with E-state index in [1.807, 2.05) is 30.3 Å². The molecule has 0 saturated carbocycles. The smallest absolute Gasteiger partial charge is 0.423 e. The van der Waals surface area contributed by atoms with Gasteiger partial charge in [-0.15, -0.1) is 0 Å². The molecule has 0 unspecified atom stereocenters. The molecule has 18 heavy (non-hydrogen) atoms. The lowest BCUT2D eigenvalue weighted by Gasteiger charge is -2.10. The summed E-state index contributed by atoms with van der Waals surface area (Å²) in [6.07, 6.45) is 0. The van der Waals surface area contributed by atoms with Crippen LogP contribution in [0.1, 0.15) is 5.56 Å². The summed E-state index contributed by atoms with van der Waals surface area (Å²) in [5.41, 5.74) is 3.13. The third-order valence-electron chi connectivity index (χ3n) is 2.63. The first-order valence-electron chi connectivity index (χ1n) is 5.64. The summed E-state index contributed by atoms with van der Waals surface area (Å²) in [5.74, 6) is 0. The summed E-state index contributed by atoms with van der Waals surface area (Å²) in [5, 5.41) is 21.2. The van der Waals surface area contributed by atoms with Crippen molar-refractivity contribution >= 4 is 24.0 Å². The maximum Gasteiger partial charge on any atom is 0.488 e. The minimum Gasteiger partial charge on any atom is -0.423 e. The third kappa shape index (κ3) is 3.00. The van der Waals surface area contributed by atoms with Gasteiger partial charge in [-0.25, -0.2) is 0 Å². The van der Waals surface area contributed by atoms with E-state index < -0.39 is 7.12 Å². The number of anilines is 1. The maximum absolute atomic E-state index is 8.99. The van der Waals surface area contributed by atoms with E-state index in [9.17, 15) is 0 Å². The van der Waals surface area contributed by atoms with E-state index in [1.165, 1.54) is 0 Å². The summed E-state index contributed by atoms with van der Waals surface area (Å²) in [4.78, 5) is 0. The van der Waals surface area contributed by atoms with E-state index in [2.05, 4.69) is 11.9 Å². The molecule has 0 aliphatic carbocycles. The molecule has 90 valence electrons. The Hall–Kier alpha value is -2.04. The molecule has 0 radical (unpaired) electrons. The van der Waals surface area contributed by atoms with Crippen LogP contribution in [0.4, 0.5) is 5.69 Å². The molecule has 0 aromatic heterocycles. The molecule has 0 bridgehead atoms. The fourth-order valence-electron chi connectivity index (χ4n) is 1.62. The highest BCUT2D eigenvalue weighted by Gasteiger charge is 2.09. The van der Waals surface area contributed by atoms with Crippen molar-refractivity contribution in [3.63, 3.8) is 0 Å². The molecule has 0 fully saturated rings. The molecule has 2 aromatic carbocycles. The van der Waals surface area contributed by atoms with E-state index in [0.717, 1.165) is 16.9 Å². The lowest BCUT2D eigenvalue weighted by atomic mass is 9.80. The average molecular weight is 239 g/mol. The topological polar surface area (TPSA) is 52.5 Å². The first-order chi connectivity index (χ1) is 8.66. The zero-order valence-electron chi connectivity index (χ0n) is 9.88. The van der Waals surface area contributed by atoms with Gasteiger partial charge in [-0.05, 0) is 23.2 Å². The molecule has 2 aromatic rings. The quantitative estimate of drug-likeness (QED) is 0.708. The molecular weight excluding hydrogens is 225 g/mol. The Morgan fingerprint density at radius 1 is 0.944 bits per heavy atom. The Balaban J connectivity index is 2.08. The van der Waals surface area contributed by atoms with Crippen molar-refractivity contribution in [1.29, 1.82) is 0 Å². The van der Waals surface area contributed by atoms with Gasteiger partial charge in [-0.1, -0.05) is 49.0 Å². The van der Waals surface area contributed by atoms with E-state index in [-0.39, 0.29) is 0 Å². The van der Waals surface area contributed by atoms with Crippen LogP contribution in [-0.2, 0) is 0 Å². The molecule has 0 saturated heterocycles. The van der Waals surface area contributed by atoms with E-state index in [0.29, 0.717) is 5.46 Å². The highest BCUT2D eigenvalue weighted by molar-refractivity contribution is 6.58. The van der Waals surface area contributed by atoms with Gasteiger partial charge in [0.25, 0.3) is 0 Å². The standard InChI is InChI=1S/C14H14BNO2/c1-11(12-5-3-2-4-6-12)16-14-9-7-13(8-10-14)15(17)18/h2-10,16-18H,1H2. The van der Waals surface area contributed by atoms with Gasteiger partial charge in [0.1, 0.15) is 0 Å². The summed E-state index contributed by atoms with van der Waals surface area (Å²) < 4.78 is 0. The largest absolute Gasteiger partial charge is 0.488 e. The second-order valence-corrected chi connectivity index (χ2v) is 3.97. The van der Waals surface area contributed by atoms with Crippen molar-refractivity contribution in [3.05, 3.63) is 66.7 Å². The van der Waals surface area contributed by atoms with Gasteiger partial charge >= 0.3 is 7.12 Å². The van der Waals surface area contributed by atoms with Crippen LogP contribution in [0, 0.1) is 0 Å². The molecule has 0 spiro atoms. The van der Waals surface area contributed by atoms with E-state index in [4.69, 9.17) is 10.0 Å². The first-order valence-corrected chi connectivity index (χ1v) is 5.64. The Morgan fingerprint density at radius 3 is 2.11 bits per heavy atom. The van der Waals surface area contributed by atoms with Gasteiger partial charge in [-0.3, -0.25) is 0 Å². The molecule has 3 nitrogen and oxygen atoms in total. The van der Waals surface area contributed by atoms with Crippen LogP contribution in [0.5, 0.6) is 0 Å². The summed E-state index contributed by atoms with van der Waals surface area (Å²) >= 11 is 0. The minimum atomic E-state index is -1.43. The molecule has 4 heteroatoms. The number of rotatable bonds is 4. The highest BCUT2D eigenvalue weighted by atomic mass is 16.4. The fraction of sp³-hybridized carbons (Fsp3) is 0. The summed E-state index contributed by atoms with van der Waals surface area (Å²) in [6, 6.07) is 16.7. The lowest BCUT2D eigenvalue weighted by molar-refractivity contribution is 0.426. The van der Waals surface area contributed by atoms with Crippen molar-refractivity contribution in [3.8, 4) is 0 Å². The summed E-state index contributed by atoms with van der Waals surface area (Å²) in [7, 11) is -1.43. The molecular formula is C14H14BNO2. The number of hydrogen-bond donors (Lipinski definition) is 3. The van der Waals surface area contributed by atoms with Crippen LogP contribution in [-0.4, -0.2) is 17.2 Å². The second kappa shape index (κ2) is 5.53. The van der Waals surface area contributed by atoms with Crippen molar-refractivity contribution in [2.45, 2.75) is 0 Å². The predicted octanol–water partition coefficient (Wildman–Crippen LogP) is 1.45. The average Bonchev–Trinajstić information content (AvgIpc) is 2.40. The van der Waals surface area contributed by atoms with Crippen molar-refractivity contribution in [1.82, 2.24) is 0 Å². The maximum atomic E-state index is 8.99. The Kier molecular flexibility index (Phi) is 3.82. The molecule has 0 aliphatic rings. The van der Waals surface area contributed by atoms with Crippen LogP contribution in [0.3, 0.4) is 0 Å². The van der Waals surface area contributed by atoms with Gasteiger partial charge in [0.2, 0.25) is 0 Å². The SMILES string of the molecule is C=C(Nc1ccc(B(O)O)cc1)c1ccccc1. The van der Waals surface area contributed by atoms with Crippen LogP contribution in [0.15, 0.2) is 61.2 Å². The Bertz CT molecular complexity index is 523. The minimum absolute atomic E-state index is 0.464. The van der Waals surface area contributed by atoms with Crippen LogP contribution in [0.2, 0.25) is 0 Å². The van der Waals surface area contributed by atoms with Gasteiger partial charge < -0.3 is 15.4 Å². The van der Waals surface area contributed by atoms with Gasteiger partial charge in [0.15, 0.2) is 0 Å². The highest BCUT2D eigenvalue weighted by Crippen LogP contribution is 2.15. The summed E-state index contributed by atoms with van der Waals surface area (Å²) in [6.45, 7) is 3.97. The third-order valence-corrected chi connectivity index (χ3v) is 2.63. The molecule has 0 heterocycles. The zero-order valence-corrected chi connectivity index (χ0v) is 9.88. The molecule has 0 aliphatic heterocycles.